The summed E-state index contributed by atoms with van der Waals surface area (Å²) in [6.07, 6.45) is 1.98. The van der Waals surface area contributed by atoms with Crippen molar-refractivity contribution in [3.05, 3.63) is 35.9 Å². The predicted octanol–water partition coefficient (Wildman–Crippen LogP) is 1.65. The highest BCUT2D eigenvalue weighted by Crippen LogP contribution is 2.26. The van der Waals surface area contributed by atoms with Crippen LogP contribution in [0.25, 0.3) is 0 Å². The number of ether oxygens (including phenoxy) is 1. The first-order chi connectivity index (χ1) is 12.4. The minimum Gasteiger partial charge on any atom is -0.392 e. The van der Waals surface area contributed by atoms with Crippen molar-refractivity contribution >= 4 is 20.0 Å². The van der Waals surface area contributed by atoms with Gasteiger partial charge in [-0.1, -0.05) is 30.3 Å². The second-order valence-electron chi connectivity index (χ2n) is 6.60. The van der Waals surface area contributed by atoms with Crippen molar-refractivity contribution in [1.82, 2.24) is 5.32 Å². The van der Waals surface area contributed by atoms with E-state index in [0.29, 0.717) is 19.3 Å². The van der Waals surface area contributed by atoms with Crippen LogP contribution in [0.1, 0.15) is 31.7 Å². The number of carbonyl (C=O) groups excluding carboxylic acids is 2. The molecule has 3 unspecified atom stereocenters. The normalized spacial score (nSPS) is 20.3. The Labute approximate surface area is 154 Å². The maximum Gasteiger partial charge on any atom is 0.330 e. The minimum absolute atomic E-state index is 0.135. The summed E-state index contributed by atoms with van der Waals surface area (Å²) in [6, 6.07) is 9.27. The van der Waals surface area contributed by atoms with Crippen LogP contribution >= 0.6 is 8.03 Å². The summed E-state index contributed by atoms with van der Waals surface area (Å²) in [5.41, 5.74) is 7.23. The van der Waals surface area contributed by atoms with Gasteiger partial charge in [0.25, 0.3) is 0 Å². The van der Waals surface area contributed by atoms with Crippen molar-refractivity contribution in [3.63, 3.8) is 0 Å². The SMILES string of the molecule is CC(CC(N)Cc1ccccc1)O[PH](=O)CC(=O)OC(=O)[C@@H]1CCCN1. The van der Waals surface area contributed by atoms with Gasteiger partial charge in [-0.3, -0.25) is 9.36 Å². The summed E-state index contributed by atoms with van der Waals surface area (Å²) in [6.45, 7) is 2.50. The van der Waals surface area contributed by atoms with Crippen LogP contribution in [0.2, 0.25) is 0 Å². The second-order valence-corrected chi connectivity index (χ2v) is 7.94. The fourth-order valence-corrected chi connectivity index (χ4v) is 3.90. The average molecular weight is 382 g/mol. The van der Waals surface area contributed by atoms with Crippen LogP contribution in [-0.4, -0.2) is 42.8 Å². The first kappa shape index (κ1) is 20.8. The van der Waals surface area contributed by atoms with Gasteiger partial charge >= 0.3 is 11.9 Å². The van der Waals surface area contributed by atoms with E-state index in [2.05, 4.69) is 5.32 Å². The van der Waals surface area contributed by atoms with Crippen LogP contribution < -0.4 is 11.1 Å². The van der Waals surface area contributed by atoms with Gasteiger partial charge in [0.2, 0.25) is 8.03 Å². The monoisotopic (exact) mass is 382 g/mol. The van der Waals surface area contributed by atoms with Gasteiger partial charge in [-0.2, -0.15) is 0 Å². The molecule has 144 valence electrons. The van der Waals surface area contributed by atoms with E-state index < -0.39 is 32.2 Å². The van der Waals surface area contributed by atoms with E-state index >= 15 is 0 Å². The van der Waals surface area contributed by atoms with Crippen LogP contribution in [-0.2, 0) is 29.8 Å². The molecule has 1 aromatic carbocycles. The molecule has 1 saturated heterocycles. The molecule has 1 heterocycles. The number of benzene rings is 1. The first-order valence-corrected chi connectivity index (χ1v) is 10.4. The Hall–Kier alpha value is -1.53. The maximum absolute atomic E-state index is 12.0. The zero-order valence-electron chi connectivity index (χ0n) is 15.0. The Morgan fingerprint density at radius 1 is 1.35 bits per heavy atom. The number of rotatable bonds is 9. The number of esters is 2. The van der Waals surface area contributed by atoms with Gasteiger partial charge in [0.05, 0.1) is 6.10 Å². The van der Waals surface area contributed by atoms with Crippen molar-refractivity contribution in [2.45, 2.75) is 50.8 Å². The Balaban J connectivity index is 1.67. The first-order valence-electron chi connectivity index (χ1n) is 8.91. The molecule has 1 fully saturated rings. The molecule has 3 N–H and O–H groups in total. The van der Waals surface area contributed by atoms with Gasteiger partial charge in [-0.15, -0.1) is 0 Å². The summed E-state index contributed by atoms with van der Waals surface area (Å²) >= 11 is 0. The molecular formula is C18H27N2O5P. The number of nitrogens with one attached hydrogen (secondary N) is 1. The standard InChI is InChI=1S/C18H27N2O5P/c1-13(10-15(19)11-14-6-3-2-4-7-14)25-26(23)12-17(21)24-18(22)16-8-5-9-20-16/h2-4,6-7,13,15-16,20,26H,5,8-12,19H2,1H3/t13?,15?,16-/m0/s1. The summed E-state index contributed by atoms with van der Waals surface area (Å²) < 4.78 is 22.1. The summed E-state index contributed by atoms with van der Waals surface area (Å²) in [7, 11) is -2.63. The van der Waals surface area contributed by atoms with E-state index in [0.717, 1.165) is 18.5 Å². The Kier molecular flexibility index (Phi) is 8.45. The van der Waals surface area contributed by atoms with Crippen LogP contribution in [0, 0.1) is 0 Å². The van der Waals surface area contributed by atoms with E-state index in [4.69, 9.17) is 15.0 Å². The molecule has 2 rings (SSSR count). The lowest BCUT2D eigenvalue weighted by Crippen LogP contribution is -2.34. The molecular weight excluding hydrogens is 355 g/mol. The Morgan fingerprint density at radius 2 is 2.08 bits per heavy atom. The minimum atomic E-state index is -2.63. The molecule has 0 bridgehead atoms. The Bertz CT molecular complexity index is 619. The zero-order valence-corrected chi connectivity index (χ0v) is 16.0. The highest BCUT2D eigenvalue weighted by atomic mass is 31.1. The molecule has 7 nitrogen and oxygen atoms in total. The fourth-order valence-electron chi connectivity index (χ4n) is 2.96. The smallest absolute Gasteiger partial charge is 0.330 e. The summed E-state index contributed by atoms with van der Waals surface area (Å²) in [5, 5.41) is 2.95. The third-order valence-corrected chi connectivity index (χ3v) is 5.40. The molecule has 8 heteroatoms. The van der Waals surface area contributed by atoms with Crippen molar-refractivity contribution in [1.29, 1.82) is 0 Å². The van der Waals surface area contributed by atoms with E-state index in [9.17, 15) is 14.2 Å². The molecule has 1 aliphatic rings. The maximum atomic E-state index is 12.0. The lowest BCUT2D eigenvalue weighted by Gasteiger charge is -2.17. The third kappa shape index (κ3) is 7.38. The number of carbonyl (C=O) groups is 2. The predicted molar refractivity (Wildman–Crippen MR) is 99.3 cm³/mol. The topological polar surface area (TPSA) is 108 Å². The van der Waals surface area contributed by atoms with Crippen molar-refractivity contribution in [3.8, 4) is 0 Å². The van der Waals surface area contributed by atoms with Gasteiger partial charge in [0.1, 0.15) is 12.2 Å². The number of hydrogen-bond donors (Lipinski definition) is 2. The summed E-state index contributed by atoms with van der Waals surface area (Å²) in [5.74, 6) is -1.42. The van der Waals surface area contributed by atoms with E-state index in [1.807, 2.05) is 30.3 Å². The Morgan fingerprint density at radius 3 is 2.73 bits per heavy atom. The van der Waals surface area contributed by atoms with Gasteiger partial charge in [0.15, 0.2) is 0 Å². The molecule has 0 aromatic heterocycles. The molecule has 1 aromatic rings. The van der Waals surface area contributed by atoms with Crippen LogP contribution in [0.4, 0.5) is 0 Å². The van der Waals surface area contributed by atoms with Crippen molar-refractivity contribution < 1.29 is 23.4 Å². The number of nitrogens with two attached hydrogens (primary N) is 1. The molecule has 0 aliphatic carbocycles. The highest BCUT2D eigenvalue weighted by Gasteiger charge is 2.26. The van der Waals surface area contributed by atoms with E-state index in [1.54, 1.807) is 6.92 Å². The van der Waals surface area contributed by atoms with Gasteiger partial charge in [-0.25, -0.2) is 4.79 Å². The van der Waals surface area contributed by atoms with Gasteiger partial charge in [-0.05, 0) is 44.7 Å². The lowest BCUT2D eigenvalue weighted by molar-refractivity contribution is -0.159. The summed E-state index contributed by atoms with van der Waals surface area (Å²) in [4.78, 5) is 23.4. The van der Waals surface area contributed by atoms with Crippen molar-refractivity contribution in [2.75, 3.05) is 12.7 Å². The molecule has 1 aliphatic heterocycles. The highest BCUT2D eigenvalue weighted by molar-refractivity contribution is 7.40. The van der Waals surface area contributed by atoms with E-state index in [1.165, 1.54) is 0 Å². The third-order valence-electron chi connectivity index (χ3n) is 4.16. The molecule has 0 saturated carbocycles. The van der Waals surface area contributed by atoms with Crippen LogP contribution in [0.5, 0.6) is 0 Å². The molecule has 0 radical (unpaired) electrons. The largest absolute Gasteiger partial charge is 0.392 e. The van der Waals surface area contributed by atoms with Crippen LogP contribution in [0.15, 0.2) is 30.3 Å². The fraction of sp³-hybridized carbons (Fsp3) is 0.556. The molecule has 0 amide bonds. The average Bonchev–Trinajstić information content (AvgIpc) is 3.09. The molecule has 26 heavy (non-hydrogen) atoms. The second kappa shape index (κ2) is 10.6. The van der Waals surface area contributed by atoms with Crippen molar-refractivity contribution in [2.24, 2.45) is 5.73 Å². The zero-order chi connectivity index (χ0) is 18.9. The van der Waals surface area contributed by atoms with E-state index in [-0.39, 0.29) is 12.1 Å². The quantitative estimate of drug-likeness (QED) is 0.380. The van der Waals surface area contributed by atoms with Gasteiger partial charge in [0, 0.05) is 6.04 Å². The molecule has 4 atom stereocenters. The molecule has 0 spiro atoms. The lowest BCUT2D eigenvalue weighted by atomic mass is 10.0. The van der Waals surface area contributed by atoms with Gasteiger partial charge < -0.3 is 20.3 Å². The number of hydrogen-bond acceptors (Lipinski definition) is 7. The van der Waals surface area contributed by atoms with Crippen LogP contribution in [0.3, 0.4) is 0 Å².